The minimum absolute atomic E-state index is 0.0658. The van der Waals surface area contributed by atoms with Crippen LogP contribution in [0.25, 0.3) is 33.5 Å². The summed E-state index contributed by atoms with van der Waals surface area (Å²) in [7, 11) is 0. The third-order valence-corrected chi connectivity index (χ3v) is 18.2. The van der Waals surface area contributed by atoms with Crippen molar-refractivity contribution in [2.45, 2.75) is 105 Å². The van der Waals surface area contributed by atoms with Crippen molar-refractivity contribution in [1.29, 1.82) is 0 Å². The molecule has 0 saturated heterocycles. The predicted octanol–water partition coefficient (Wildman–Crippen LogP) is 19.7. The summed E-state index contributed by atoms with van der Waals surface area (Å²) in [6.45, 7) is 27.2. The van der Waals surface area contributed by atoms with Gasteiger partial charge in [-0.2, -0.15) is 0 Å². The number of fused-ring (bicyclic) bond motifs is 9. The molecule has 2 aliphatic heterocycles. The molecule has 0 saturated carbocycles. The van der Waals surface area contributed by atoms with Gasteiger partial charge in [-0.15, -0.1) is 0 Å². The van der Waals surface area contributed by atoms with Gasteiger partial charge in [0, 0.05) is 23.3 Å². The van der Waals surface area contributed by atoms with E-state index in [-0.39, 0.29) is 16.2 Å². The standard InChI is InChI=1S/C76H69N5O.Pt/c1-49-39-59(40-50(2)51(49)3)80-66-30-19-16-27-62(66)76(63-28-17-20-31-67(63)80)64-29-18-21-32-68(64)81(72-45-54(37-38-77-72)73(4,5)6)70-47-61(34-35-65(70)76)82-60-26-22-25-57(46-60)78-48-79(58-43-55(74(7,8)9)42-56(44-58)75(10,11)12)71-41-53(33-36-69(71)78)52-23-14-13-15-24-52;/h13-45H,1-12H3;/q-2;. The molecule has 83 heavy (non-hydrogen) atoms. The van der Waals surface area contributed by atoms with Gasteiger partial charge in [0.2, 0.25) is 0 Å². The van der Waals surface area contributed by atoms with E-state index in [2.05, 4.69) is 322 Å². The van der Waals surface area contributed by atoms with E-state index >= 15 is 0 Å². The van der Waals surface area contributed by atoms with E-state index in [1.54, 1.807) is 0 Å². The molecule has 0 N–H and O–H groups in total. The summed E-state index contributed by atoms with van der Waals surface area (Å²) in [5, 5.41) is 0. The molecule has 0 unspecified atom stereocenters. The van der Waals surface area contributed by atoms with Crippen LogP contribution in [0.1, 0.15) is 118 Å². The summed E-state index contributed by atoms with van der Waals surface area (Å²) in [4.78, 5) is 9.96. The molecular weight excluding hydrogens is 1190 g/mol. The zero-order valence-electron chi connectivity index (χ0n) is 49.5. The summed E-state index contributed by atoms with van der Waals surface area (Å²) in [6, 6.07) is 78.8. The van der Waals surface area contributed by atoms with Crippen molar-refractivity contribution in [2.75, 3.05) is 9.80 Å². The molecule has 0 fully saturated rings. The maximum atomic E-state index is 7.12. The summed E-state index contributed by atoms with van der Waals surface area (Å²) in [6.07, 6.45) is 1.95. The van der Waals surface area contributed by atoms with Crippen LogP contribution < -0.4 is 14.5 Å². The number of aryl methyl sites for hydroxylation is 2. The molecule has 0 aliphatic carbocycles. The van der Waals surface area contributed by atoms with Crippen molar-refractivity contribution in [1.82, 2.24) is 14.1 Å². The number of pyridine rings is 1. The molecule has 0 atom stereocenters. The molecule has 2 aromatic heterocycles. The second-order valence-electron chi connectivity index (χ2n) is 25.7. The minimum atomic E-state index is -0.772. The van der Waals surface area contributed by atoms with Gasteiger partial charge in [-0.05, 0) is 78.8 Å². The van der Waals surface area contributed by atoms with Gasteiger partial charge in [-0.3, -0.25) is 0 Å². The molecule has 0 amide bonds. The van der Waals surface area contributed by atoms with Gasteiger partial charge in [0.15, 0.2) is 0 Å². The number of ether oxygens (including phenoxy) is 1. The first-order valence-corrected chi connectivity index (χ1v) is 30.0. The Labute approximate surface area is 500 Å². The quantitative estimate of drug-likeness (QED) is 0.149. The fourth-order valence-electron chi connectivity index (χ4n) is 12.5. The fraction of sp³-hybridized carbons (Fsp3) is 0.211. The van der Waals surface area contributed by atoms with Crippen LogP contribution in [-0.4, -0.2) is 14.1 Å². The summed E-state index contributed by atoms with van der Waals surface area (Å²) in [5.74, 6) is 1.96. The molecule has 0 radical (unpaired) electrons. The SMILES string of the molecule is Cc1cc(N2c3ccccc3C3(c4ccc(Oc5[c-]c(-n6[c](=[Pt])n(-c7cc(C(C)(C)C)cc(C(C)(C)C)c7)c7cc(-c8ccccc8)ccc76)ccc5)[c-]c4N(c4cc(C(C)(C)C)ccn4)c4ccccc43)c3ccccc32)cc(C)c1C. The van der Waals surface area contributed by atoms with Crippen LogP contribution in [0.3, 0.4) is 0 Å². The van der Waals surface area contributed by atoms with Gasteiger partial charge >= 0.3 is 322 Å². The van der Waals surface area contributed by atoms with Crippen LogP contribution in [0.4, 0.5) is 34.3 Å². The smallest absolute Gasteiger partial charge is 0.0618 e. The van der Waals surface area contributed by atoms with Crippen LogP contribution in [0.2, 0.25) is 0 Å². The second kappa shape index (κ2) is 20.0. The van der Waals surface area contributed by atoms with E-state index in [0.29, 0.717) is 11.5 Å². The summed E-state index contributed by atoms with van der Waals surface area (Å²) in [5.41, 5.74) is 23.0. The topological polar surface area (TPSA) is 38.5 Å². The number of rotatable bonds is 7. The molecule has 9 aromatic carbocycles. The van der Waals surface area contributed by atoms with E-state index in [9.17, 15) is 0 Å². The van der Waals surface area contributed by atoms with Crippen molar-refractivity contribution < 1.29 is 24.1 Å². The monoisotopic (exact) mass is 1260 g/mol. The zero-order valence-corrected chi connectivity index (χ0v) is 51.8. The fourth-order valence-corrected chi connectivity index (χ4v) is 13.7. The van der Waals surface area contributed by atoms with Crippen molar-refractivity contribution >= 4 is 45.3 Å². The van der Waals surface area contributed by atoms with Gasteiger partial charge in [-0.1, -0.05) is 75.4 Å². The first-order valence-electron chi connectivity index (χ1n) is 28.9. The van der Waals surface area contributed by atoms with Crippen molar-refractivity contribution in [3.8, 4) is 34.0 Å². The van der Waals surface area contributed by atoms with E-state index < -0.39 is 5.41 Å². The normalized spacial score (nSPS) is 13.7. The third-order valence-electron chi connectivity index (χ3n) is 17.2. The molecule has 4 heterocycles. The molecule has 2 aliphatic rings. The molecule has 0 bridgehead atoms. The Bertz CT molecular complexity index is 4340. The van der Waals surface area contributed by atoms with Gasteiger partial charge < -0.3 is 4.90 Å². The number of anilines is 6. The molecule has 13 rings (SSSR count). The van der Waals surface area contributed by atoms with Gasteiger partial charge in [0.05, 0.1) is 0 Å². The molecular formula is C76H69N5OPt-2. The number of nitrogens with zero attached hydrogens (tertiary/aromatic N) is 5. The molecule has 1 spiro atoms. The first kappa shape index (κ1) is 54.0. The molecule has 11 aromatic rings. The maximum absolute atomic E-state index is 7.12. The minimum Gasteiger partial charge on any atom is -0.0618 e. The Morgan fingerprint density at radius 1 is 0.446 bits per heavy atom. The van der Waals surface area contributed by atoms with Crippen molar-refractivity contribution in [3.63, 3.8) is 0 Å². The van der Waals surface area contributed by atoms with E-state index in [4.69, 9.17) is 9.72 Å². The van der Waals surface area contributed by atoms with E-state index in [0.717, 1.165) is 77.2 Å². The van der Waals surface area contributed by atoms with E-state index in [1.165, 1.54) is 50.1 Å². The Morgan fingerprint density at radius 3 is 1.61 bits per heavy atom. The number of hydrogen-bond acceptors (Lipinski definition) is 4. The average molecular weight is 1260 g/mol. The van der Waals surface area contributed by atoms with Crippen LogP contribution in [0, 0.1) is 36.7 Å². The number of benzene rings is 9. The van der Waals surface area contributed by atoms with Crippen molar-refractivity contribution in [2.24, 2.45) is 0 Å². The van der Waals surface area contributed by atoms with Crippen LogP contribution in [-0.2, 0) is 41.0 Å². The molecule has 6 nitrogen and oxygen atoms in total. The Hall–Kier alpha value is -8.31. The van der Waals surface area contributed by atoms with Crippen LogP contribution >= 0.6 is 0 Å². The number of imidazole rings is 1. The predicted molar refractivity (Wildman–Crippen MR) is 338 cm³/mol. The van der Waals surface area contributed by atoms with Gasteiger partial charge in [0.1, 0.15) is 0 Å². The number of aromatic nitrogens is 3. The first-order chi connectivity index (χ1) is 39.7. The number of hydrogen-bond donors (Lipinski definition) is 0. The Kier molecular flexibility index (Phi) is 13.0. The summed E-state index contributed by atoms with van der Waals surface area (Å²) >= 11 is 2.51. The molecule has 416 valence electrons. The zero-order chi connectivity index (χ0) is 57.9. The van der Waals surface area contributed by atoms with E-state index in [1.807, 2.05) is 12.3 Å². The Morgan fingerprint density at radius 2 is 1.01 bits per heavy atom. The van der Waals surface area contributed by atoms with Crippen molar-refractivity contribution in [3.05, 3.63) is 272 Å². The van der Waals surface area contributed by atoms with Crippen LogP contribution in [0.5, 0.6) is 11.5 Å². The number of para-hydroxylation sites is 3. The van der Waals surface area contributed by atoms with Crippen LogP contribution in [0.15, 0.2) is 200 Å². The molecule has 7 heteroatoms. The van der Waals surface area contributed by atoms with Gasteiger partial charge in [0.25, 0.3) is 0 Å². The third kappa shape index (κ3) is 9.04. The Balaban J connectivity index is 1.00. The van der Waals surface area contributed by atoms with Gasteiger partial charge in [-0.25, -0.2) is 0 Å². The summed E-state index contributed by atoms with van der Waals surface area (Å²) < 4.78 is 12.9. The second-order valence-corrected chi connectivity index (χ2v) is 26.7. The average Bonchev–Trinajstić information content (AvgIpc) is 2.39.